The standard InChI is InChI=1S/C14H8Cl2FN/c15-11-3-1-8(6-12(11)16)14-7-9-5-10(17)2-4-13(9)18-14/h1-7,18H. The smallest absolute Gasteiger partial charge is 0.123 e. The Morgan fingerprint density at radius 3 is 2.50 bits per heavy atom. The number of hydrogen-bond donors (Lipinski definition) is 1. The lowest BCUT2D eigenvalue weighted by Gasteiger charge is -2.00. The van der Waals surface area contributed by atoms with Crippen LogP contribution in [0.25, 0.3) is 22.2 Å². The molecule has 0 unspecified atom stereocenters. The predicted molar refractivity (Wildman–Crippen MR) is 73.7 cm³/mol. The van der Waals surface area contributed by atoms with Gasteiger partial charge in [-0.2, -0.15) is 0 Å². The zero-order valence-corrected chi connectivity index (χ0v) is 10.7. The molecule has 3 rings (SSSR count). The molecule has 1 aromatic heterocycles. The maximum absolute atomic E-state index is 13.1. The molecule has 0 aliphatic heterocycles. The Morgan fingerprint density at radius 2 is 1.72 bits per heavy atom. The highest BCUT2D eigenvalue weighted by Crippen LogP contribution is 2.30. The number of fused-ring (bicyclic) bond motifs is 1. The van der Waals surface area contributed by atoms with Gasteiger partial charge in [0, 0.05) is 16.6 Å². The van der Waals surface area contributed by atoms with Crippen molar-refractivity contribution in [1.29, 1.82) is 0 Å². The predicted octanol–water partition coefficient (Wildman–Crippen LogP) is 5.28. The highest BCUT2D eigenvalue weighted by Gasteiger charge is 2.06. The van der Waals surface area contributed by atoms with Crippen LogP contribution in [0.1, 0.15) is 0 Å². The molecule has 1 nitrogen and oxygen atoms in total. The van der Waals surface area contributed by atoms with E-state index in [2.05, 4.69) is 4.98 Å². The summed E-state index contributed by atoms with van der Waals surface area (Å²) in [7, 11) is 0. The van der Waals surface area contributed by atoms with Crippen LogP contribution in [-0.2, 0) is 0 Å². The zero-order chi connectivity index (χ0) is 12.7. The largest absolute Gasteiger partial charge is 0.355 e. The van der Waals surface area contributed by atoms with Crippen LogP contribution in [0.2, 0.25) is 10.0 Å². The monoisotopic (exact) mass is 279 g/mol. The van der Waals surface area contributed by atoms with E-state index in [0.717, 1.165) is 22.2 Å². The summed E-state index contributed by atoms with van der Waals surface area (Å²) in [6, 6.07) is 11.9. The summed E-state index contributed by atoms with van der Waals surface area (Å²) in [5.41, 5.74) is 2.69. The summed E-state index contributed by atoms with van der Waals surface area (Å²) in [5, 5.41) is 1.85. The van der Waals surface area contributed by atoms with Crippen molar-refractivity contribution in [3.8, 4) is 11.3 Å². The van der Waals surface area contributed by atoms with Crippen LogP contribution in [-0.4, -0.2) is 4.98 Å². The van der Waals surface area contributed by atoms with Crippen molar-refractivity contribution in [2.45, 2.75) is 0 Å². The van der Waals surface area contributed by atoms with Gasteiger partial charge in [0.1, 0.15) is 5.82 Å². The van der Waals surface area contributed by atoms with Gasteiger partial charge in [0.05, 0.1) is 10.0 Å². The van der Waals surface area contributed by atoms with E-state index < -0.39 is 0 Å². The summed E-state index contributed by atoms with van der Waals surface area (Å²) >= 11 is 11.9. The molecule has 0 fully saturated rings. The number of H-pyrrole nitrogens is 1. The maximum Gasteiger partial charge on any atom is 0.123 e. The minimum absolute atomic E-state index is 0.248. The van der Waals surface area contributed by atoms with Crippen molar-refractivity contribution in [3.63, 3.8) is 0 Å². The molecule has 0 radical (unpaired) electrons. The van der Waals surface area contributed by atoms with Crippen LogP contribution < -0.4 is 0 Å². The molecule has 0 spiro atoms. The molecule has 2 aromatic carbocycles. The molecule has 4 heteroatoms. The number of rotatable bonds is 1. The zero-order valence-electron chi connectivity index (χ0n) is 9.18. The second-order valence-corrected chi connectivity index (χ2v) is 4.86. The van der Waals surface area contributed by atoms with Gasteiger partial charge in [0.2, 0.25) is 0 Å². The highest BCUT2D eigenvalue weighted by molar-refractivity contribution is 6.42. The second kappa shape index (κ2) is 4.30. The minimum Gasteiger partial charge on any atom is -0.355 e. The average molecular weight is 280 g/mol. The van der Waals surface area contributed by atoms with Gasteiger partial charge < -0.3 is 4.98 Å². The van der Waals surface area contributed by atoms with Crippen LogP contribution in [0.3, 0.4) is 0 Å². The molecule has 0 atom stereocenters. The molecule has 0 saturated carbocycles. The van der Waals surface area contributed by atoms with Gasteiger partial charge in [-0.25, -0.2) is 4.39 Å². The first-order chi connectivity index (χ1) is 8.63. The highest BCUT2D eigenvalue weighted by atomic mass is 35.5. The van der Waals surface area contributed by atoms with E-state index >= 15 is 0 Å². The fourth-order valence-corrected chi connectivity index (χ4v) is 2.22. The van der Waals surface area contributed by atoms with Crippen molar-refractivity contribution in [2.75, 3.05) is 0 Å². The first-order valence-electron chi connectivity index (χ1n) is 5.37. The van der Waals surface area contributed by atoms with Crippen LogP contribution in [0.5, 0.6) is 0 Å². The van der Waals surface area contributed by atoms with Gasteiger partial charge in [-0.1, -0.05) is 29.3 Å². The van der Waals surface area contributed by atoms with Gasteiger partial charge in [-0.3, -0.25) is 0 Å². The Labute approximate surface area is 113 Å². The van der Waals surface area contributed by atoms with Gasteiger partial charge in [0.25, 0.3) is 0 Å². The first kappa shape index (κ1) is 11.6. The molecule has 1 N–H and O–H groups in total. The molecule has 0 saturated heterocycles. The van der Waals surface area contributed by atoms with E-state index in [9.17, 15) is 4.39 Å². The molecule has 3 aromatic rings. The first-order valence-corrected chi connectivity index (χ1v) is 6.13. The number of halogens is 3. The molecule has 18 heavy (non-hydrogen) atoms. The summed E-state index contributed by atoms with van der Waals surface area (Å²) in [6.07, 6.45) is 0. The molecule has 0 bridgehead atoms. The lowest BCUT2D eigenvalue weighted by Crippen LogP contribution is -1.77. The van der Waals surface area contributed by atoms with E-state index in [4.69, 9.17) is 23.2 Å². The average Bonchev–Trinajstić information content (AvgIpc) is 2.75. The van der Waals surface area contributed by atoms with Gasteiger partial charge in [-0.05, 0) is 42.0 Å². The molecule has 0 amide bonds. The van der Waals surface area contributed by atoms with E-state index in [1.54, 1.807) is 18.2 Å². The third-order valence-electron chi connectivity index (χ3n) is 2.81. The van der Waals surface area contributed by atoms with Gasteiger partial charge in [0.15, 0.2) is 0 Å². The molecule has 0 aliphatic carbocycles. The van der Waals surface area contributed by atoms with Crippen molar-refractivity contribution in [3.05, 3.63) is 58.3 Å². The minimum atomic E-state index is -0.248. The van der Waals surface area contributed by atoms with Crippen molar-refractivity contribution in [2.24, 2.45) is 0 Å². The van der Waals surface area contributed by atoms with E-state index in [0.29, 0.717) is 10.0 Å². The number of aromatic nitrogens is 1. The normalized spacial score (nSPS) is 11.1. The Morgan fingerprint density at radius 1 is 0.889 bits per heavy atom. The lowest BCUT2D eigenvalue weighted by molar-refractivity contribution is 0.630. The molecular weight excluding hydrogens is 272 g/mol. The Bertz CT molecular complexity index is 734. The Balaban J connectivity index is 2.16. The van der Waals surface area contributed by atoms with E-state index in [-0.39, 0.29) is 5.82 Å². The Hall–Kier alpha value is -1.51. The van der Waals surface area contributed by atoms with Gasteiger partial charge >= 0.3 is 0 Å². The van der Waals surface area contributed by atoms with Crippen molar-refractivity contribution >= 4 is 34.1 Å². The van der Waals surface area contributed by atoms with Gasteiger partial charge in [-0.15, -0.1) is 0 Å². The quantitative estimate of drug-likeness (QED) is 0.624. The SMILES string of the molecule is Fc1ccc2[nH]c(-c3ccc(Cl)c(Cl)c3)cc2c1. The number of hydrogen-bond acceptors (Lipinski definition) is 0. The lowest BCUT2D eigenvalue weighted by atomic mass is 10.1. The van der Waals surface area contributed by atoms with Crippen LogP contribution >= 0.6 is 23.2 Å². The fraction of sp³-hybridized carbons (Fsp3) is 0. The topological polar surface area (TPSA) is 15.8 Å². The van der Waals surface area contributed by atoms with Crippen molar-refractivity contribution in [1.82, 2.24) is 4.98 Å². The number of nitrogens with one attached hydrogen (secondary N) is 1. The third kappa shape index (κ3) is 1.98. The van der Waals surface area contributed by atoms with Crippen LogP contribution in [0.4, 0.5) is 4.39 Å². The summed E-state index contributed by atoms with van der Waals surface area (Å²) in [5.74, 6) is -0.248. The summed E-state index contributed by atoms with van der Waals surface area (Å²) < 4.78 is 13.1. The van der Waals surface area contributed by atoms with Crippen molar-refractivity contribution < 1.29 is 4.39 Å². The number of aromatic amines is 1. The van der Waals surface area contributed by atoms with E-state index in [1.165, 1.54) is 12.1 Å². The molecule has 90 valence electrons. The molecule has 1 heterocycles. The maximum atomic E-state index is 13.1. The fourth-order valence-electron chi connectivity index (χ4n) is 1.92. The summed E-state index contributed by atoms with van der Waals surface area (Å²) in [6.45, 7) is 0. The second-order valence-electron chi connectivity index (χ2n) is 4.04. The van der Waals surface area contributed by atoms with Crippen LogP contribution in [0, 0.1) is 5.82 Å². The number of benzene rings is 2. The van der Waals surface area contributed by atoms with Crippen LogP contribution in [0.15, 0.2) is 42.5 Å². The van der Waals surface area contributed by atoms with E-state index in [1.807, 2.05) is 12.1 Å². The molecule has 0 aliphatic rings. The molecular formula is C14H8Cl2FN. The summed E-state index contributed by atoms with van der Waals surface area (Å²) in [4.78, 5) is 3.22. The Kier molecular flexibility index (Phi) is 2.77. The third-order valence-corrected chi connectivity index (χ3v) is 3.55.